The van der Waals surface area contributed by atoms with Crippen LogP contribution in [-0.4, -0.2) is 59.6 Å². The number of aliphatic hydroxyl groups is 1. The van der Waals surface area contributed by atoms with Gasteiger partial charge in [-0.1, -0.05) is 12.1 Å². The van der Waals surface area contributed by atoms with Gasteiger partial charge in [-0.2, -0.15) is 0 Å². The van der Waals surface area contributed by atoms with E-state index >= 15 is 0 Å². The number of nitrogens with zero attached hydrogens (tertiary/aromatic N) is 2. The van der Waals surface area contributed by atoms with E-state index in [1.54, 1.807) is 40.1 Å². The third-order valence-corrected chi connectivity index (χ3v) is 4.86. The lowest BCUT2D eigenvalue weighted by molar-refractivity contribution is -0.135. The molecule has 1 aromatic carbocycles. The summed E-state index contributed by atoms with van der Waals surface area (Å²) in [5, 5.41) is 13.5. The van der Waals surface area contributed by atoms with Crippen molar-refractivity contribution >= 4 is 11.9 Å². The van der Waals surface area contributed by atoms with E-state index in [0.717, 1.165) is 0 Å². The van der Waals surface area contributed by atoms with Crippen molar-refractivity contribution in [2.75, 3.05) is 27.2 Å². The molecule has 1 aliphatic heterocycles. The van der Waals surface area contributed by atoms with Crippen molar-refractivity contribution < 1.29 is 19.1 Å². The van der Waals surface area contributed by atoms with Gasteiger partial charge in [-0.15, -0.1) is 0 Å². The quantitative estimate of drug-likeness (QED) is 0.859. The average Bonchev–Trinajstić information content (AvgIpc) is 2.56. The Balaban J connectivity index is 2.00. The molecule has 0 radical (unpaired) electrons. The third-order valence-electron chi connectivity index (χ3n) is 4.86. The van der Waals surface area contributed by atoms with Crippen LogP contribution in [0.5, 0.6) is 0 Å². The molecule has 6 nitrogen and oxygen atoms in total. The molecule has 1 heterocycles. The summed E-state index contributed by atoms with van der Waals surface area (Å²) in [7, 11) is 3.28. The van der Waals surface area contributed by atoms with Gasteiger partial charge in [0.05, 0.1) is 24.6 Å². The summed E-state index contributed by atoms with van der Waals surface area (Å²) in [4.78, 5) is 27.4. The van der Waals surface area contributed by atoms with E-state index in [2.05, 4.69) is 5.32 Å². The second-order valence-corrected chi connectivity index (χ2v) is 7.39. The van der Waals surface area contributed by atoms with Gasteiger partial charge in [0.15, 0.2) is 0 Å². The highest BCUT2D eigenvalue weighted by atomic mass is 19.1. The van der Waals surface area contributed by atoms with Crippen molar-refractivity contribution in [1.29, 1.82) is 0 Å². The molecule has 1 aliphatic rings. The van der Waals surface area contributed by atoms with Gasteiger partial charge in [-0.25, -0.2) is 9.18 Å². The highest BCUT2D eigenvalue weighted by molar-refractivity contribution is 5.77. The van der Waals surface area contributed by atoms with Gasteiger partial charge < -0.3 is 20.2 Å². The Bertz CT molecular complexity index is 680. The van der Waals surface area contributed by atoms with Gasteiger partial charge >= 0.3 is 6.03 Å². The molecule has 0 aliphatic carbocycles. The summed E-state index contributed by atoms with van der Waals surface area (Å²) in [6.07, 6.45) is 1.09. The van der Waals surface area contributed by atoms with Crippen LogP contribution in [0.2, 0.25) is 0 Å². The Morgan fingerprint density at radius 3 is 2.73 bits per heavy atom. The summed E-state index contributed by atoms with van der Waals surface area (Å²) >= 11 is 0. The number of β-amino-alcohol motifs (C(OH)–C–C–N with tert-alkyl or cyclic N) is 1. The van der Waals surface area contributed by atoms with Gasteiger partial charge in [-0.3, -0.25) is 4.79 Å². The molecule has 1 aromatic rings. The summed E-state index contributed by atoms with van der Waals surface area (Å²) in [6.45, 7) is 4.09. The van der Waals surface area contributed by atoms with Crippen LogP contribution in [0, 0.1) is 12.7 Å². The molecule has 2 atom stereocenters. The third kappa shape index (κ3) is 4.94. The fourth-order valence-electron chi connectivity index (χ4n) is 3.11. The van der Waals surface area contributed by atoms with Gasteiger partial charge in [0.25, 0.3) is 0 Å². The largest absolute Gasteiger partial charge is 0.387 e. The maximum atomic E-state index is 13.7. The van der Waals surface area contributed by atoms with Crippen LogP contribution in [0.4, 0.5) is 9.18 Å². The fraction of sp³-hybridized carbons (Fsp3) is 0.579. The minimum Gasteiger partial charge on any atom is -0.387 e. The predicted molar refractivity (Wildman–Crippen MR) is 97.2 cm³/mol. The summed E-state index contributed by atoms with van der Waals surface area (Å²) in [5.74, 6) is -0.476. The van der Waals surface area contributed by atoms with Crippen LogP contribution in [0.1, 0.15) is 43.4 Å². The number of urea groups is 1. The van der Waals surface area contributed by atoms with E-state index in [4.69, 9.17) is 0 Å². The molecule has 1 saturated heterocycles. The van der Waals surface area contributed by atoms with Crippen LogP contribution < -0.4 is 5.32 Å². The van der Waals surface area contributed by atoms with Gasteiger partial charge in [0, 0.05) is 20.6 Å². The monoisotopic (exact) mass is 365 g/mol. The number of rotatable bonds is 4. The fourth-order valence-corrected chi connectivity index (χ4v) is 3.11. The maximum absolute atomic E-state index is 13.7. The molecule has 3 amide bonds. The Morgan fingerprint density at radius 1 is 1.42 bits per heavy atom. The summed E-state index contributed by atoms with van der Waals surface area (Å²) in [6, 6.07) is 4.19. The number of nitrogens with one attached hydrogen (secondary N) is 1. The first kappa shape index (κ1) is 20.2. The number of benzene rings is 1. The number of hydrogen-bond acceptors (Lipinski definition) is 3. The van der Waals surface area contributed by atoms with Crippen LogP contribution in [0.3, 0.4) is 0 Å². The lowest BCUT2D eigenvalue weighted by Crippen LogP contribution is -2.54. The number of halogens is 1. The molecule has 144 valence electrons. The summed E-state index contributed by atoms with van der Waals surface area (Å²) in [5.41, 5.74) is 0.0197. The van der Waals surface area contributed by atoms with Crippen molar-refractivity contribution in [1.82, 2.24) is 15.1 Å². The van der Waals surface area contributed by atoms with Crippen molar-refractivity contribution in [2.24, 2.45) is 0 Å². The molecule has 1 unspecified atom stereocenters. The first-order valence-corrected chi connectivity index (χ1v) is 8.85. The highest BCUT2D eigenvalue weighted by Gasteiger charge is 2.37. The smallest absolute Gasteiger partial charge is 0.317 e. The van der Waals surface area contributed by atoms with E-state index in [9.17, 15) is 19.1 Å². The average molecular weight is 365 g/mol. The Kier molecular flexibility index (Phi) is 6.23. The van der Waals surface area contributed by atoms with E-state index < -0.39 is 5.60 Å². The van der Waals surface area contributed by atoms with Crippen molar-refractivity contribution in [3.05, 3.63) is 35.1 Å². The van der Waals surface area contributed by atoms with E-state index in [1.807, 2.05) is 0 Å². The zero-order valence-corrected chi connectivity index (χ0v) is 15.9. The van der Waals surface area contributed by atoms with Crippen LogP contribution >= 0.6 is 0 Å². The zero-order chi connectivity index (χ0) is 19.5. The topological polar surface area (TPSA) is 72.9 Å². The van der Waals surface area contributed by atoms with E-state index in [-0.39, 0.29) is 36.8 Å². The molecule has 0 saturated carbocycles. The number of aryl methyl sites for hydroxylation is 1. The number of piperidine rings is 1. The first-order valence-electron chi connectivity index (χ1n) is 8.85. The molecule has 2 N–H and O–H groups in total. The van der Waals surface area contributed by atoms with Crippen LogP contribution in [-0.2, 0) is 4.79 Å². The van der Waals surface area contributed by atoms with E-state index in [1.165, 1.54) is 15.9 Å². The predicted octanol–water partition coefficient (Wildman–Crippen LogP) is 2.21. The normalized spacial score (nSPS) is 21.2. The molecule has 7 heteroatoms. The molecule has 0 aromatic heterocycles. The van der Waals surface area contributed by atoms with Crippen molar-refractivity contribution in [3.8, 4) is 0 Å². The van der Waals surface area contributed by atoms with E-state index in [0.29, 0.717) is 30.5 Å². The highest BCUT2D eigenvalue weighted by Crippen LogP contribution is 2.26. The van der Waals surface area contributed by atoms with Gasteiger partial charge in [-0.05, 0) is 43.9 Å². The van der Waals surface area contributed by atoms with Crippen molar-refractivity contribution in [3.63, 3.8) is 0 Å². The molecule has 0 bridgehead atoms. The summed E-state index contributed by atoms with van der Waals surface area (Å²) < 4.78 is 13.7. The lowest BCUT2D eigenvalue weighted by atomic mass is 9.89. The van der Waals surface area contributed by atoms with Gasteiger partial charge in [0.1, 0.15) is 5.82 Å². The molecule has 1 fully saturated rings. The van der Waals surface area contributed by atoms with Crippen LogP contribution in [0.15, 0.2) is 18.2 Å². The van der Waals surface area contributed by atoms with Gasteiger partial charge in [0.2, 0.25) is 5.91 Å². The number of hydrogen-bond donors (Lipinski definition) is 2. The molecule has 26 heavy (non-hydrogen) atoms. The van der Waals surface area contributed by atoms with Crippen LogP contribution in [0.25, 0.3) is 0 Å². The second-order valence-electron chi connectivity index (χ2n) is 7.39. The molecular formula is C19H28FN3O3. The molecule has 2 rings (SSSR count). The standard InChI is InChI=1S/C19H28FN3O3/c1-13-6-7-15(10-16(13)20)14(2)21-18(25)23-9-5-8-19(26,12-23)11-17(24)22(3)4/h6-7,10,14,26H,5,8-9,11-12H2,1-4H3,(H,21,25)/t14-,19?/m1/s1. The minimum absolute atomic E-state index is 0.0114. The number of amides is 3. The SMILES string of the molecule is Cc1ccc([C@@H](C)NC(=O)N2CCCC(O)(CC(=O)N(C)C)C2)cc1F. The maximum Gasteiger partial charge on any atom is 0.317 e. The Labute approximate surface area is 154 Å². The number of carbonyl (C=O) groups excluding carboxylic acids is 2. The lowest BCUT2D eigenvalue weighted by Gasteiger charge is -2.39. The Morgan fingerprint density at radius 2 is 2.12 bits per heavy atom. The number of carbonyl (C=O) groups is 2. The molecule has 0 spiro atoms. The first-order chi connectivity index (χ1) is 12.1. The Hall–Kier alpha value is -2.15. The second kappa shape index (κ2) is 8.03. The zero-order valence-electron chi connectivity index (χ0n) is 15.9. The number of likely N-dealkylation sites (tertiary alicyclic amines) is 1. The molecular weight excluding hydrogens is 337 g/mol. The minimum atomic E-state index is -1.21. The van der Waals surface area contributed by atoms with Crippen molar-refractivity contribution in [2.45, 2.75) is 44.8 Å².